The molecule has 3 N–H and O–H groups in total. The van der Waals surface area contributed by atoms with Crippen molar-refractivity contribution in [2.45, 2.75) is 32.7 Å². The number of hydrogen-bond acceptors (Lipinski definition) is 3. The molecular weight excluding hydrogens is 262 g/mol. The Balaban J connectivity index is 2.23. The molecule has 4 nitrogen and oxygen atoms in total. The summed E-state index contributed by atoms with van der Waals surface area (Å²) in [4.78, 5) is 16.7. The summed E-state index contributed by atoms with van der Waals surface area (Å²) in [6, 6.07) is 9.98. The SMILES string of the molecule is CC(C)(C)NC(=O)C(CN)Cc1cccc2cccnc12. The lowest BCUT2D eigenvalue weighted by atomic mass is 9.95. The summed E-state index contributed by atoms with van der Waals surface area (Å²) in [5.41, 5.74) is 7.56. The van der Waals surface area contributed by atoms with Gasteiger partial charge >= 0.3 is 0 Å². The standard InChI is InChI=1S/C17H23N3O/c1-17(2,3)20-16(21)14(11-18)10-13-7-4-6-12-8-5-9-19-15(12)13/h4-9,14H,10-11,18H2,1-3H3,(H,20,21). The molecule has 1 heterocycles. The molecule has 21 heavy (non-hydrogen) atoms. The van der Waals surface area contributed by atoms with E-state index in [0.29, 0.717) is 13.0 Å². The molecule has 0 saturated carbocycles. The van der Waals surface area contributed by atoms with Crippen LogP contribution in [0.25, 0.3) is 10.9 Å². The molecule has 0 spiro atoms. The van der Waals surface area contributed by atoms with Gasteiger partial charge in [0, 0.05) is 23.7 Å². The molecule has 1 amide bonds. The van der Waals surface area contributed by atoms with E-state index in [2.05, 4.69) is 10.3 Å². The van der Waals surface area contributed by atoms with Crippen molar-refractivity contribution < 1.29 is 4.79 Å². The molecule has 0 radical (unpaired) electrons. The van der Waals surface area contributed by atoms with Crippen molar-refractivity contribution in [3.05, 3.63) is 42.1 Å². The molecule has 0 saturated heterocycles. The topological polar surface area (TPSA) is 68.0 Å². The van der Waals surface area contributed by atoms with E-state index in [9.17, 15) is 4.79 Å². The van der Waals surface area contributed by atoms with E-state index < -0.39 is 0 Å². The van der Waals surface area contributed by atoms with Gasteiger partial charge in [-0.25, -0.2) is 0 Å². The Labute approximate surface area is 125 Å². The van der Waals surface area contributed by atoms with Crippen LogP contribution in [0.15, 0.2) is 36.5 Å². The fourth-order valence-corrected chi connectivity index (χ4v) is 2.35. The first-order valence-electron chi connectivity index (χ1n) is 7.25. The highest BCUT2D eigenvalue weighted by molar-refractivity contribution is 5.84. The van der Waals surface area contributed by atoms with Gasteiger partial charge in [0.15, 0.2) is 0 Å². The minimum absolute atomic E-state index is 0.00191. The highest BCUT2D eigenvalue weighted by Gasteiger charge is 2.22. The average Bonchev–Trinajstić information content (AvgIpc) is 2.42. The van der Waals surface area contributed by atoms with E-state index in [1.165, 1.54) is 0 Å². The second-order valence-corrected chi connectivity index (χ2v) is 6.37. The highest BCUT2D eigenvalue weighted by Crippen LogP contribution is 2.19. The number of carbonyl (C=O) groups excluding carboxylic acids is 1. The number of nitrogens with two attached hydrogens (primary N) is 1. The molecule has 1 unspecified atom stereocenters. The second kappa shape index (κ2) is 6.22. The summed E-state index contributed by atoms with van der Waals surface area (Å²) < 4.78 is 0. The number of para-hydroxylation sites is 1. The van der Waals surface area contributed by atoms with Crippen molar-refractivity contribution in [1.29, 1.82) is 0 Å². The first kappa shape index (κ1) is 15.4. The largest absolute Gasteiger partial charge is 0.351 e. The third-order valence-corrected chi connectivity index (χ3v) is 3.34. The molecule has 0 fully saturated rings. The van der Waals surface area contributed by atoms with Gasteiger partial charge in [-0.15, -0.1) is 0 Å². The number of nitrogens with zero attached hydrogens (tertiary/aromatic N) is 1. The van der Waals surface area contributed by atoms with Crippen LogP contribution in [0.5, 0.6) is 0 Å². The molecule has 1 atom stereocenters. The molecule has 2 rings (SSSR count). The van der Waals surface area contributed by atoms with Crippen LogP contribution in [0.2, 0.25) is 0 Å². The van der Waals surface area contributed by atoms with Crippen molar-refractivity contribution in [2.75, 3.05) is 6.54 Å². The number of aromatic nitrogens is 1. The smallest absolute Gasteiger partial charge is 0.225 e. The average molecular weight is 285 g/mol. The highest BCUT2D eigenvalue weighted by atomic mass is 16.2. The number of pyridine rings is 1. The van der Waals surface area contributed by atoms with Crippen molar-refractivity contribution in [3.63, 3.8) is 0 Å². The molecule has 1 aromatic carbocycles. The van der Waals surface area contributed by atoms with Gasteiger partial charge in [0.1, 0.15) is 0 Å². The van der Waals surface area contributed by atoms with E-state index in [1.54, 1.807) is 6.20 Å². The summed E-state index contributed by atoms with van der Waals surface area (Å²) in [7, 11) is 0. The zero-order valence-electron chi connectivity index (χ0n) is 12.9. The Morgan fingerprint density at radius 1 is 1.29 bits per heavy atom. The van der Waals surface area contributed by atoms with Gasteiger partial charge in [-0.1, -0.05) is 24.3 Å². The predicted molar refractivity (Wildman–Crippen MR) is 85.9 cm³/mol. The number of benzene rings is 1. The van der Waals surface area contributed by atoms with Crippen molar-refractivity contribution >= 4 is 16.8 Å². The third kappa shape index (κ3) is 4.02. The second-order valence-electron chi connectivity index (χ2n) is 6.37. The quantitative estimate of drug-likeness (QED) is 0.905. The van der Waals surface area contributed by atoms with Crippen LogP contribution in [-0.4, -0.2) is 23.0 Å². The number of amides is 1. The van der Waals surface area contributed by atoms with Gasteiger partial charge < -0.3 is 11.1 Å². The van der Waals surface area contributed by atoms with Crippen LogP contribution >= 0.6 is 0 Å². The third-order valence-electron chi connectivity index (χ3n) is 3.34. The summed E-state index contributed by atoms with van der Waals surface area (Å²) in [6.07, 6.45) is 2.38. The van der Waals surface area contributed by atoms with Crippen LogP contribution in [0.3, 0.4) is 0 Å². The normalized spacial score (nSPS) is 13.1. The molecule has 0 bridgehead atoms. The summed E-state index contributed by atoms with van der Waals surface area (Å²) in [5.74, 6) is -0.241. The van der Waals surface area contributed by atoms with Crippen molar-refractivity contribution in [1.82, 2.24) is 10.3 Å². The summed E-state index contributed by atoms with van der Waals surface area (Å²) in [6.45, 7) is 6.24. The maximum Gasteiger partial charge on any atom is 0.225 e. The Kier molecular flexibility index (Phi) is 4.58. The van der Waals surface area contributed by atoms with Crippen LogP contribution in [0.4, 0.5) is 0 Å². The van der Waals surface area contributed by atoms with Crippen LogP contribution < -0.4 is 11.1 Å². The van der Waals surface area contributed by atoms with E-state index in [4.69, 9.17) is 5.73 Å². The number of nitrogens with one attached hydrogen (secondary N) is 1. The zero-order valence-corrected chi connectivity index (χ0v) is 12.9. The Morgan fingerprint density at radius 2 is 2.00 bits per heavy atom. The monoisotopic (exact) mass is 285 g/mol. The molecule has 2 aromatic rings. The minimum Gasteiger partial charge on any atom is -0.351 e. The number of rotatable bonds is 4. The van der Waals surface area contributed by atoms with E-state index >= 15 is 0 Å². The fourth-order valence-electron chi connectivity index (χ4n) is 2.35. The first-order chi connectivity index (χ1) is 9.90. The van der Waals surface area contributed by atoms with Gasteiger partial charge in [-0.05, 0) is 38.8 Å². The van der Waals surface area contributed by atoms with E-state index in [-0.39, 0.29) is 17.4 Å². The fraction of sp³-hybridized carbons (Fsp3) is 0.412. The molecule has 0 aliphatic carbocycles. The molecule has 4 heteroatoms. The maximum absolute atomic E-state index is 12.3. The molecule has 112 valence electrons. The maximum atomic E-state index is 12.3. The molecular formula is C17H23N3O. The van der Waals surface area contributed by atoms with Gasteiger partial charge in [0.2, 0.25) is 5.91 Å². The molecule has 0 aliphatic heterocycles. The lowest BCUT2D eigenvalue weighted by molar-refractivity contribution is -0.126. The lowest BCUT2D eigenvalue weighted by Gasteiger charge is -2.24. The predicted octanol–water partition coefficient (Wildman–Crippen LogP) is 2.27. The van der Waals surface area contributed by atoms with Crippen LogP contribution in [0, 0.1) is 5.92 Å². The summed E-state index contributed by atoms with van der Waals surface area (Å²) >= 11 is 0. The van der Waals surface area contributed by atoms with Crippen molar-refractivity contribution in [2.24, 2.45) is 11.7 Å². The first-order valence-corrected chi connectivity index (χ1v) is 7.25. The van der Waals surface area contributed by atoms with Gasteiger partial charge in [-0.2, -0.15) is 0 Å². The van der Waals surface area contributed by atoms with Gasteiger partial charge in [-0.3, -0.25) is 9.78 Å². The van der Waals surface area contributed by atoms with Crippen molar-refractivity contribution in [3.8, 4) is 0 Å². The van der Waals surface area contributed by atoms with Crippen LogP contribution in [0.1, 0.15) is 26.3 Å². The van der Waals surface area contributed by atoms with E-state index in [1.807, 2.05) is 51.1 Å². The number of carbonyl (C=O) groups is 1. The van der Waals surface area contributed by atoms with Gasteiger partial charge in [0.25, 0.3) is 0 Å². The Hall–Kier alpha value is -1.94. The van der Waals surface area contributed by atoms with E-state index in [0.717, 1.165) is 16.5 Å². The Bertz CT molecular complexity index is 626. The Morgan fingerprint density at radius 3 is 2.67 bits per heavy atom. The molecule has 0 aliphatic rings. The lowest BCUT2D eigenvalue weighted by Crippen LogP contribution is -2.46. The zero-order chi connectivity index (χ0) is 15.5. The number of hydrogen-bond donors (Lipinski definition) is 2. The minimum atomic E-state index is -0.249. The number of fused-ring (bicyclic) bond motifs is 1. The molecule has 1 aromatic heterocycles. The van der Waals surface area contributed by atoms with Crippen LogP contribution in [-0.2, 0) is 11.2 Å². The summed E-state index contributed by atoms with van der Waals surface area (Å²) in [5, 5.41) is 4.08. The van der Waals surface area contributed by atoms with Gasteiger partial charge in [0.05, 0.1) is 11.4 Å².